The van der Waals surface area contributed by atoms with Gasteiger partial charge in [0.2, 0.25) is 0 Å². The molecule has 172 valence electrons. The Kier molecular flexibility index (Phi) is 7.69. The Bertz CT molecular complexity index is 1020. The van der Waals surface area contributed by atoms with Crippen LogP contribution in [0.1, 0.15) is 12.5 Å². The van der Waals surface area contributed by atoms with Crippen LogP contribution in [-0.2, 0) is 16.0 Å². The molecule has 0 amide bonds. The number of benzene rings is 3. The number of para-hydroxylation sites is 3. The number of carbonyl (C=O) groups excluding carboxylic acids is 1. The zero-order chi connectivity index (χ0) is 22.9. The van der Waals surface area contributed by atoms with Crippen LogP contribution in [0.3, 0.4) is 0 Å². The lowest BCUT2D eigenvalue weighted by atomic mass is 10.1. The van der Waals surface area contributed by atoms with E-state index in [2.05, 4.69) is 11.0 Å². The Hall–Kier alpha value is -3.67. The Balaban J connectivity index is 1.32. The number of carbonyl (C=O) groups is 1. The molecule has 1 heterocycles. The van der Waals surface area contributed by atoms with Crippen molar-refractivity contribution in [1.29, 1.82) is 0 Å². The number of hydrogen-bond donors (Lipinski definition) is 0. The molecular weight excluding hydrogens is 418 g/mol. The van der Waals surface area contributed by atoms with E-state index >= 15 is 0 Å². The third-order valence-electron chi connectivity index (χ3n) is 5.37. The van der Waals surface area contributed by atoms with Crippen molar-refractivity contribution in [2.24, 2.45) is 0 Å². The lowest BCUT2D eigenvalue weighted by molar-refractivity contribution is -0.151. The summed E-state index contributed by atoms with van der Waals surface area (Å²) in [6, 6.07) is 25.1. The molecule has 0 saturated heterocycles. The predicted octanol–water partition coefficient (Wildman–Crippen LogP) is 4.52. The van der Waals surface area contributed by atoms with Crippen molar-refractivity contribution < 1.29 is 23.7 Å². The summed E-state index contributed by atoms with van der Waals surface area (Å²) in [4.78, 5) is 14.7. The molecule has 6 nitrogen and oxygen atoms in total. The summed E-state index contributed by atoms with van der Waals surface area (Å²) in [6.45, 7) is 4.97. The molecule has 4 rings (SSSR count). The van der Waals surface area contributed by atoms with Gasteiger partial charge in [0.25, 0.3) is 0 Å². The van der Waals surface area contributed by atoms with Crippen LogP contribution in [0.25, 0.3) is 0 Å². The van der Waals surface area contributed by atoms with E-state index in [0.29, 0.717) is 32.0 Å². The van der Waals surface area contributed by atoms with Gasteiger partial charge in [-0.2, -0.15) is 0 Å². The summed E-state index contributed by atoms with van der Waals surface area (Å²) < 4.78 is 22.8. The van der Waals surface area contributed by atoms with Crippen molar-refractivity contribution in [1.82, 2.24) is 0 Å². The van der Waals surface area contributed by atoms with Crippen molar-refractivity contribution in [3.05, 3.63) is 84.4 Å². The van der Waals surface area contributed by atoms with Gasteiger partial charge in [-0.3, -0.25) is 0 Å². The summed E-state index contributed by atoms with van der Waals surface area (Å²) >= 11 is 0. The second-order valence-corrected chi connectivity index (χ2v) is 7.67. The third kappa shape index (κ3) is 6.19. The van der Waals surface area contributed by atoms with E-state index in [9.17, 15) is 4.79 Å². The lowest BCUT2D eigenvalue weighted by Crippen LogP contribution is -2.35. The molecule has 0 saturated carbocycles. The molecule has 0 radical (unpaired) electrons. The topological polar surface area (TPSA) is 57.2 Å². The molecule has 33 heavy (non-hydrogen) atoms. The van der Waals surface area contributed by atoms with Crippen LogP contribution in [0.4, 0.5) is 5.69 Å². The van der Waals surface area contributed by atoms with Crippen LogP contribution in [-0.4, -0.2) is 45.0 Å². The zero-order valence-corrected chi connectivity index (χ0v) is 18.8. The SMILES string of the molecule is CCOC(=O)C(Cc1ccc(OCCN2CCOc3ccccc32)cc1)Oc1ccccc1. The lowest BCUT2D eigenvalue weighted by Gasteiger charge is -2.31. The van der Waals surface area contributed by atoms with E-state index in [4.69, 9.17) is 18.9 Å². The van der Waals surface area contributed by atoms with Gasteiger partial charge in [-0.1, -0.05) is 42.5 Å². The number of fused-ring (bicyclic) bond motifs is 1. The minimum Gasteiger partial charge on any atom is -0.492 e. The molecule has 0 spiro atoms. The van der Waals surface area contributed by atoms with Gasteiger partial charge >= 0.3 is 5.97 Å². The maximum Gasteiger partial charge on any atom is 0.347 e. The van der Waals surface area contributed by atoms with Gasteiger partial charge in [0.1, 0.15) is 30.5 Å². The maximum atomic E-state index is 12.4. The first kappa shape index (κ1) is 22.5. The smallest absolute Gasteiger partial charge is 0.347 e. The van der Waals surface area contributed by atoms with E-state index in [1.54, 1.807) is 6.92 Å². The molecule has 0 aromatic heterocycles. The van der Waals surface area contributed by atoms with Gasteiger partial charge in [-0.05, 0) is 48.9 Å². The Morgan fingerprint density at radius 1 is 0.970 bits per heavy atom. The van der Waals surface area contributed by atoms with Crippen LogP contribution < -0.4 is 19.1 Å². The summed E-state index contributed by atoms with van der Waals surface area (Å²) in [5.74, 6) is 1.98. The number of anilines is 1. The predicted molar refractivity (Wildman–Crippen MR) is 127 cm³/mol. The molecule has 3 aromatic carbocycles. The fraction of sp³-hybridized carbons (Fsp3) is 0.296. The fourth-order valence-electron chi connectivity index (χ4n) is 3.74. The van der Waals surface area contributed by atoms with Crippen molar-refractivity contribution in [2.45, 2.75) is 19.4 Å². The van der Waals surface area contributed by atoms with Gasteiger partial charge < -0.3 is 23.8 Å². The van der Waals surface area contributed by atoms with Crippen LogP contribution >= 0.6 is 0 Å². The van der Waals surface area contributed by atoms with E-state index in [0.717, 1.165) is 35.8 Å². The maximum absolute atomic E-state index is 12.4. The van der Waals surface area contributed by atoms with Gasteiger partial charge in [0.15, 0.2) is 6.10 Å². The van der Waals surface area contributed by atoms with Gasteiger partial charge in [-0.15, -0.1) is 0 Å². The van der Waals surface area contributed by atoms with Crippen molar-refractivity contribution in [2.75, 3.05) is 37.8 Å². The van der Waals surface area contributed by atoms with Crippen molar-refractivity contribution in [3.63, 3.8) is 0 Å². The van der Waals surface area contributed by atoms with E-state index in [1.165, 1.54) is 0 Å². The summed E-state index contributed by atoms with van der Waals surface area (Å²) in [7, 11) is 0. The second kappa shape index (κ2) is 11.3. The van der Waals surface area contributed by atoms with Crippen LogP contribution in [0, 0.1) is 0 Å². The largest absolute Gasteiger partial charge is 0.492 e. The van der Waals surface area contributed by atoms with Crippen molar-refractivity contribution in [3.8, 4) is 17.2 Å². The number of esters is 1. The fourth-order valence-corrected chi connectivity index (χ4v) is 3.74. The highest BCUT2D eigenvalue weighted by molar-refractivity contribution is 5.75. The average molecular weight is 448 g/mol. The van der Waals surface area contributed by atoms with Crippen LogP contribution in [0.15, 0.2) is 78.9 Å². The quantitative estimate of drug-likeness (QED) is 0.426. The molecule has 0 aliphatic carbocycles. The highest BCUT2D eigenvalue weighted by Gasteiger charge is 2.22. The molecule has 0 fully saturated rings. The van der Waals surface area contributed by atoms with Crippen LogP contribution in [0.5, 0.6) is 17.2 Å². The first-order valence-corrected chi connectivity index (χ1v) is 11.3. The van der Waals surface area contributed by atoms with Gasteiger partial charge in [0, 0.05) is 6.42 Å². The zero-order valence-electron chi connectivity index (χ0n) is 18.8. The first-order valence-electron chi connectivity index (χ1n) is 11.3. The third-order valence-corrected chi connectivity index (χ3v) is 5.37. The average Bonchev–Trinajstić information content (AvgIpc) is 2.85. The Labute approximate surface area is 194 Å². The van der Waals surface area contributed by atoms with E-state index < -0.39 is 6.10 Å². The van der Waals surface area contributed by atoms with E-state index in [-0.39, 0.29) is 5.97 Å². The highest BCUT2D eigenvalue weighted by Crippen LogP contribution is 2.30. The van der Waals surface area contributed by atoms with Gasteiger partial charge in [0.05, 0.1) is 25.4 Å². The van der Waals surface area contributed by atoms with E-state index in [1.807, 2.05) is 72.8 Å². The highest BCUT2D eigenvalue weighted by atomic mass is 16.6. The summed E-state index contributed by atoms with van der Waals surface area (Å²) in [6.07, 6.45) is -0.293. The molecule has 1 atom stereocenters. The number of ether oxygens (including phenoxy) is 4. The molecule has 1 aliphatic heterocycles. The number of rotatable bonds is 10. The second-order valence-electron chi connectivity index (χ2n) is 7.67. The molecule has 0 bridgehead atoms. The minimum atomic E-state index is -0.708. The monoisotopic (exact) mass is 447 g/mol. The molecule has 6 heteroatoms. The number of nitrogens with zero attached hydrogens (tertiary/aromatic N) is 1. The standard InChI is InChI=1S/C27H29NO5/c1-2-30-27(29)26(33-23-8-4-3-5-9-23)20-21-12-14-22(15-13-21)31-18-16-28-17-19-32-25-11-7-6-10-24(25)28/h3-15,26H,2,16-20H2,1H3. The normalized spacial score (nSPS) is 13.4. The summed E-state index contributed by atoms with van der Waals surface area (Å²) in [5.41, 5.74) is 2.07. The van der Waals surface area contributed by atoms with Crippen LogP contribution in [0.2, 0.25) is 0 Å². The minimum absolute atomic E-state index is 0.313. The Morgan fingerprint density at radius 3 is 2.52 bits per heavy atom. The molecule has 1 aliphatic rings. The number of hydrogen-bond acceptors (Lipinski definition) is 6. The summed E-state index contributed by atoms with van der Waals surface area (Å²) in [5, 5.41) is 0. The molecule has 1 unspecified atom stereocenters. The van der Waals surface area contributed by atoms with Crippen molar-refractivity contribution >= 4 is 11.7 Å². The molecular formula is C27H29NO5. The molecule has 3 aromatic rings. The Morgan fingerprint density at radius 2 is 1.73 bits per heavy atom. The molecule has 0 N–H and O–H groups in total. The first-order chi connectivity index (χ1) is 16.2. The van der Waals surface area contributed by atoms with Gasteiger partial charge in [-0.25, -0.2) is 4.79 Å².